The molecule has 0 aliphatic heterocycles. The number of carboxylic acid groups (broad SMARTS) is 1. The Balaban J connectivity index is 0.00000119. The molecule has 16 nitrogen and oxygen atoms in total. The van der Waals surface area contributed by atoms with Gasteiger partial charge in [0.25, 0.3) is 7.81 Å². The summed E-state index contributed by atoms with van der Waals surface area (Å²) in [6.45, 7) is 18.0. The summed E-state index contributed by atoms with van der Waals surface area (Å²) in [5.74, 6) is 2.73. The zero-order valence-corrected chi connectivity index (χ0v) is 67.4. The molecule has 6 aliphatic carbocycles. The van der Waals surface area contributed by atoms with E-state index in [9.17, 15) is 28.8 Å². The molecule has 6 aliphatic rings. The molecule has 0 atom stereocenters. The van der Waals surface area contributed by atoms with Gasteiger partial charge in [0.15, 0.2) is 17.3 Å². The van der Waals surface area contributed by atoms with Crippen LogP contribution in [0.4, 0.5) is 5.69 Å². The molecule has 0 aromatic heterocycles. The Hall–Kier alpha value is -7.30. The van der Waals surface area contributed by atoms with Crippen molar-refractivity contribution in [1.29, 1.82) is 0 Å². The van der Waals surface area contributed by atoms with Crippen molar-refractivity contribution in [1.82, 2.24) is 0 Å². The minimum atomic E-state index is -3.51. The van der Waals surface area contributed by atoms with E-state index in [0.717, 1.165) is 163 Å². The van der Waals surface area contributed by atoms with Gasteiger partial charge in [-0.2, -0.15) is 0 Å². The number of Topliss-reactive ketones (excluding diaryl/α,β-unsaturated/α-hetero) is 3. The molecule has 0 heterocycles. The summed E-state index contributed by atoms with van der Waals surface area (Å²) in [4.78, 5) is 44.7. The smallest absolute Gasteiger partial charge is 0.870 e. The van der Waals surface area contributed by atoms with Crippen molar-refractivity contribution < 1.29 is 101 Å². The predicted octanol–water partition coefficient (Wildman–Crippen LogP) is 19.7. The number of ether oxygens (including phenoxy) is 3. The molecule has 5 N–H and O–H groups in total. The number of nitrogen functional groups attached to an aromatic ring is 1. The number of nitrogens with two attached hydrogens (primary N) is 1. The third-order valence-electron chi connectivity index (χ3n) is 16.8. The molecular formula is C86H115ClNNaO15P2. The van der Waals surface area contributed by atoms with Gasteiger partial charge >= 0.3 is 43.3 Å². The Morgan fingerprint density at radius 2 is 1.03 bits per heavy atom. The molecule has 0 amide bonds. The number of hydrogen-bond acceptors (Lipinski definition) is 15. The first kappa shape index (κ1) is 98.7. The maximum absolute atomic E-state index is 12.4. The summed E-state index contributed by atoms with van der Waals surface area (Å²) in [6, 6.07) is 43.0. The number of aryl methyl sites for hydroxylation is 5. The number of ketones is 3. The van der Waals surface area contributed by atoms with Gasteiger partial charge in [-0.15, -0.1) is 0 Å². The van der Waals surface area contributed by atoms with Gasteiger partial charge in [0.1, 0.15) is 23.0 Å². The zero-order valence-electron chi connectivity index (χ0n) is 62.8. The fraction of sp³-hybridized carbons (Fsp3) is 0.395. The summed E-state index contributed by atoms with van der Waals surface area (Å²) in [5.41, 5.74) is 23.5. The van der Waals surface area contributed by atoms with Gasteiger partial charge in [-0.25, -0.2) is 4.57 Å². The van der Waals surface area contributed by atoms with Crippen LogP contribution in [0.3, 0.4) is 0 Å². The number of hydrogen-bond donors (Lipinski definition) is 3. The monoisotopic (exact) mass is 1520 g/mol. The molecule has 7 aromatic carbocycles. The first-order valence-corrected chi connectivity index (χ1v) is 38.7. The number of methoxy groups -OCH3 is 2. The minimum Gasteiger partial charge on any atom is -0.870 e. The number of benzene rings is 7. The van der Waals surface area contributed by atoms with Crippen LogP contribution in [-0.2, 0) is 72.7 Å². The number of phosphoric ester groups is 1. The van der Waals surface area contributed by atoms with Crippen LogP contribution in [-0.4, -0.2) is 79.7 Å². The second-order valence-corrected chi connectivity index (χ2v) is 26.0. The summed E-state index contributed by atoms with van der Waals surface area (Å²) >= 11 is 4.42. The Kier molecular flexibility index (Phi) is 52.2. The Morgan fingerprint density at radius 3 is 1.54 bits per heavy atom. The fourth-order valence-corrected chi connectivity index (χ4v) is 13.0. The number of allylic oxidation sites excluding steroid dienone is 3. The fourth-order valence-electron chi connectivity index (χ4n) is 11.8. The summed E-state index contributed by atoms with van der Waals surface area (Å²) in [6.07, 6.45) is 29.0. The van der Waals surface area contributed by atoms with Gasteiger partial charge in [-0.3, -0.25) is 32.8 Å². The molecule has 0 spiro atoms. The van der Waals surface area contributed by atoms with Crippen LogP contribution in [0.15, 0.2) is 152 Å². The molecule has 20 heteroatoms. The number of carbonyl (C=O) groups excluding carboxylic acids is 3. The Bertz CT molecular complexity index is 3820. The number of halogens is 1. The summed E-state index contributed by atoms with van der Waals surface area (Å²) in [5, 5.41) is 17.8. The summed E-state index contributed by atoms with van der Waals surface area (Å²) in [7, 11) is -0.605. The average molecular weight is 1520 g/mol. The third kappa shape index (κ3) is 34.3. The van der Waals surface area contributed by atoms with Crippen molar-refractivity contribution in [2.24, 2.45) is 0 Å². The molecule has 0 radical (unpaired) electrons. The number of fused-ring (bicyclic) bond motifs is 6. The second kappa shape index (κ2) is 56.0. The van der Waals surface area contributed by atoms with E-state index in [1.807, 2.05) is 132 Å². The van der Waals surface area contributed by atoms with Crippen LogP contribution < -0.4 is 49.3 Å². The Labute approximate surface area is 661 Å². The number of aliphatic carboxylic acids is 1. The second-order valence-electron chi connectivity index (χ2n) is 23.8. The molecule has 0 fully saturated rings. The predicted molar refractivity (Wildman–Crippen MR) is 432 cm³/mol. The van der Waals surface area contributed by atoms with Crippen LogP contribution in [0.25, 0.3) is 18.2 Å². The third-order valence-corrected chi connectivity index (χ3v) is 18.3. The number of carboxylic acids is 1. The summed E-state index contributed by atoms with van der Waals surface area (Å²) < 4.78 is 52.0. The first-order valence-electron chi connectivity index (χ1n) is 35.5. The van der Waals surface area contributed by atoms with Gasteiger partial charge in [0.2, 0.25) is 0 Å². The van der Waals surface area contributed by atoms with Crippen molar-refractivity contribution in [3.63, 3.8) is 0 Å². The molecule has 7 aromatic rings. The SMILES string of the molecule is C.C.CC.CCOCC.CCOP(=O)(OCC)Oc1cccc2c1CCC=C2.COc1ccc2c(c1)C(=O)CCC2.COc1cccc2c1CCCC2=O.Cc1ccc2c(c1)C(=O)CCC2.Cc1cccc2c1CCC=C2.Nc1ccc(CCCC(=O)O)cc1.O=PCl.Oc1cccc2c1CCC=C2.[Na+].[OH-]. The van der Waals surface area contributed by atoms with E-state index in [2.05, 4.69) is 85.0 Å². The van der Waals surface area contributed by atoms with Crippen LogP contribution in [0.2, 0.25) is 0 Å². The number of phenols is 1. The Morgan fingerprint density at radius 1 is 0.557 bits per heavy atom. The number of phosphoric acid groups is 1. The molecule has 13 rings (SSSR count). The van der Waals surface area contributed by atoms with E-state index >= 15 is 0 Å². The van der Waals surface area contributed by atoms with Gasteiger partial charge in [0.05, 0.1) is 27.4 Å². The number of rotatable bonds is 14. The zero-order chi connectivity index (χ0) is 74.7. The van der Waals surface area contributed by atoms with Gasteiger partial charge in [0, 0.05) is 78.0 Å². The molecule has 0 saturated heterocycles. The van der Waals surface area contributed by atoms with Gasteiger partial charge in [-0.1, -0.05) is 156 Å². The van der Waals surface area contributed by atoms with E-state index < -0.39 is 13.8 Å². The quantitative estimate of drug-likeness (QED) is 0.0520. The van der Waals surface area contributed by atoms with E-state index in [4.69, 9.17) is 43.2 Å². The van der Waals surface area contributed by atoms with Gasteiger partial charge in [-0.05, 0) is 236 Å². The first-order chi connectivity index (χ1) is 49.4. The van der Waals surface area contributed by atoms with Crippen molar-refractivity contribution in [2.45, 2.75) is 186 Å². The normalized spacial score (nSPS) is 13.0. The van der Waals surface area contributed by atoms with Crippen molar-refractivity contribution >= 4 is 74.1 Å². The van der Waals surface area contributed by atoms with Crippen molar-refractivity contribution in [2.75, 3.05) is 46.4 Å². The van der Waals surface area contributed by atoms with Crippen LogP contribution in [0.1, 0.15) is 225 Å². The topological polar surface area (TPSA) is 254 Å². The number of carbonyl (C=O) groups is 4. The number of aromatic hydroxyl groups is 1. The number of anilines is 1. The van der Waals surface area contributed by atoms with E-state index in [1.54, 1.807) is 34.1 Å². The van der Waals surface area contributed by atoms with Crippen molar-refractivity contribution in [3.05, 3.63) is 235 Å². The average Bonchev–Trinajstić information content (AvgIpc) is 0.806. The molecule has 0 unspecified atom stereocenters. The molecular weight excluding hydrogens is 1410 g/mol. The van der Waals surface area contributed by atoms with E-state index in [1.165, 1.54) is 40.7 Å². The van der Waals surface area contributed by atoms with E-state index in [0.29, 0.717) is 36.5 Å². The van der Waals surface area contributed by atoms with Crippen molar-refractivity contribution in [3.8, 4) is 23.0 Å². The molecule has 0 saturated carbocycles. The standard InChI is InChI=1S/C14H19O4P.2C11H12O2.C11H12O.C11H12.C10H13NO2.C10H10O.C4H10O.C2H6.2CH4.ClOP.Na.H2O/c1-3-16-19(15,17-4-2)18-14-11-7-9-12-8-5-6-10-13(12)14;1-13-11-7-3-4-8-9(11)5-2-6-10(8)12;1-13-9-6-5-8-3-2-4-11(12)10(8)7-9;1-8-5-6-9-3-2-4-11(12)10(9)7-8;1-9-5-4-7-10-6-2-3-8-11(9)10;11-9-6-4-8(5-7-9)2-1-3-10(12)13;11-10-7-3-5-8-4-1-2-6-9(8)10;1-3-5-4-2;1-2;;;1-3-2;;/h5,7-9,11H,3-4,6,10H2,1-2H3;3-4,7H,2,5-6H2,1H3;5-7H,2-4H2,1H3;5-7H,2-4H2,1H3;2,4-7H,3,8H2,1H3;4-7H,1-3,11H2,(H,12,13);1,3-5,7,11H,2,6H2;3-4H2,1-2H3;1-2H3;2*1H4;;;1H2/q;;;;;;;;;;;;+1;/p-1. The molecule has 106 heavy (non-hydrogen) atoms. The van der Waals surface area contributed by atoms with Crippen LogP contribution in [0.5, 0.6) is 23.0 Å². The minimum absolute atomic E-state index is 0. The van der Waals surface area contributed by atoms with Crippen LogP contribution in [0, 0.1) is 13.8 Å². The maximum Gasteiger partial charge on any atom is 1.00 e. The van der Waals surface area contributed by atoms with Gasteiger partial charge < -0.3 is 40.2 Å². The maximum atomic E-state index is 12.4. The van der Waals surface area contributed by atoms with E-state index in [-0.39, 0.29) is 88.9 Å². The largest absolute Gasteiger partial charge is 1.00 e. The van der Waals surface area contributed by atoms with Crippen LogP contribution >= 0.6 is 26.9 Å². The number of phenolic OH excluding ortho intramolecular Hbond substituents is 1. The molecule has 0 bridgehead atoms. The molecule has 572 valence electrons.